The van der Waals surface area contributed by atoms with Crippen molar-refractivity contribution in [1.82, 2.24) is 9.97 Å². The van der Waals surface area contributed by atoms with Gasteiger partial charge < -0.3 is 10.1 Å². The third-order valence-corrected chi connectivity index (χ3v) is 3.67. The highest BCUT2D eigenvalue weighted by Crippen LogP contribution is 2.23. The lowest BCUT2D eigenvalue weighted by molar-refractivity contribution is 0.0594. The van der Waals surface area contributed by atoms with Crippen LogP contribution in [0.2, 0.25) is 0 Å². The molecule has 0 aromatic carbocycles. The van der Waals surface area contributed by atoms with Crippen LogP contribution in [0.3, 0.4) is 0 Å². The molecule has 19 heavy (non-hydrogen) atoms. The fraction of sp³-hybridized carbons (Fsp3) is 0.308. The number of aromatic nitrogens is 2. The summed E-state index contributed by atoms with van der Waals surface area (Å²) in [5.41, 5.74) is 2.65. The Labute approximate surface area is 115 Å². The zero-order chi connectivity index (χ0) is 13.8. The molecule has 2 rings (SSSR count). The molecule has 0 aliphatic rings. The average Bonchev–Trinajstić information content (AvgIpc) is 2.78. The summed E-state index contributed by atoms with van der Waals surface area (Å²) in [6.07, 6.45) is 3.58. The van der Waals surface area contributed by atoms with Gasteiger partial charge in [-0.2, -0.15) is 0 Å². The molecule has 100 valence electrons. The monoisotopic (exact) mass is 277 g/mol. The first-order valence-corrected chi connectivity index (χ1v) is 6.62. The van der Waals surface area contributed by atoms with E-state index in [9.17, 15) is 4.79 Å². The SMILES string of the molecule is COC(=O)c1nc(NCc2ccncc2C)sc1C. The lowest BCUT2D eigenvalue weighted by Gasteiger charge is -2.05. The molecule has 2 aromatic heterocycles. The maximum absolute atomic E-state index is 11.5. The van der Waals surface area contributed by atoms with Gasteiger partial charge in [0.15, 0.2) is 10.8 Å². The van der Waals surface area contributed by atoms with E-state index in [2.05, 4.69) is 20.0 Å². The molecular weight excluding hydrogens is 262 g/mol. The second kappa shape index (κ2) is 5.79. The number of anilines is 1. The van der Waals surface area contributed by atoms with E-state index in [1.54, 1.807) is 6.20 Å². The smallest absolute Gasteiger partial charge is 0.357 e. The minimum Gasteiger partial charge on any atom is -0.464 e. The van der Waals surface area contributed by atoms with Gasteiger partial charge in [-0.15, -0.1) is 11.3 Å². The molecular formula is C13H15N3O2S. The Kier molecular flexibility index (Phi) is 4.11. The van der Waals surface area contributed by atoms with Gasteiger partial charge in [-0.3, -0.25) is 4.98 Å². The van der Waals surface area contributed by atoms with Gasteiger partial charge in [0.25, 0.3) is 0 Å². The number of carbonyl (C=O) groups is 1. The van der Waals surface area contributed by atoms with Crippen LogP contribution in [0.15, 0.2) is 18.5 Å². The first kappa shape index (κ1) is 13.5. The first-order valence-electron chi connectivity index (χ1n) is 5.81. The Morgan fingerprint density at radius 2 is 2.26 bits per heavy atom. The minimum atomic E-state index is -0.401. The molecule has 0 amide bonds. The van der Waals surface area contributed by atoms with E-state index < -0.39 is 5.97 Å². The van der Waals surface area contributed by atoms with Gasteiger partial charge in [0.1, 0.15) is 0 Å². The molecule has 0 aliphatic heterocycles. The fourth-order valence-corrected chi connectivity index (χ4v) is 2.43. The Balaban J connectivity index is 2.09. The van der Waals surface area contributed by atoms with Gasteiger partial charge in [0.05, 0.1) is 7.11 Å². The van der Waals surface area contributed by atoms with Gasteiger partial charge >= 0.3 is 5.97 Å². The number of rotatable bonds is 4. The summed E-state index contributed by atoms with van der Waals surface area (Å²) in [6, 6.07) is 1.96. The van der Waals surface area contributed by atoms with Crippen molar-refractivity contribution < 1.29 is 9.53 Å². The van der Waals surface area contributed by atoms with Crippen molar-refractivity contribution in [2.75, 3.05) is 12.4 Å². The predicted molar refractivity (Wildman–Crippen MR) is 74.5 cm³/mol. The number of thiazole rings is 1. The molecule has 0 saturated heterocycles. The van der Waals surface area contributed by atoms with Gasteiger partial charge in [0.2, 0.25) is 0 Å². The highest BCUT2D eigenvalue weighted by Gasteiger charge is 2.15. The van der Waals surface area contributed by atoms with Crippen molar-refractivity contribution in [1.29, 1.82) is 0 Å². The summed E-state index contributed by atoms with van der Waals surface area (Å²) in [4.78, 5) is 20.6. The van der Waals surface area contributed by atoms with Crippen molar-refractivity contribution >= 4 is 22.4 Å². The van der Waals surface area contributed by atoms with Crippen LogP contribution in [0.5, 0.6) is 0 Å². The standard InChI is InChI=1S/C13H15N3O2S/c1-8-6-14-5-4-10(8)7-15-13-16-11(9(2)19-13)12(17)18-3/h4-6H,7H2,1-3H3,(H,15,16). The lowest BCUT2D eigenvalue weighted by Crippen LogP contribution is -2.05. The number of methoxy groups -OCH3 is 1. The summed E-state index contributed by atoms with van der Waals surface area (Å²) in [5, 5.41) is 3.93. The highest BCUT2D eigenvalue weighted by molar-refractivity contribution is 7.15. The molecule has 0 aliphatic carbocycles. The van der Waals surface area contributed by atoms with Crippen LogP contribution in [0.4, 0.5) is 5.13 Å². The van der Waals surface area contributed by atoms with Crippen molar-refractivity contribution in [3.05, 3.63) is 40.2 Å². The number of nitrogens with one attached hydrogen (secondary N) is 1. The van der Waals surface area contributed by atoms with Crippen LogP contribution < -0.4 is 5.32 Å². The quantitative estimate of drug-likeness (QED) is 0.870. The Morgan fingerprint density at radius 3 is 2.95 bits per heavy atom. The first-order chi connectivity index (χ1) is 9.11. The number of esters is 1. The highest BCUT2D eigenvalue weighted by atomic mass is 32.1. The number of ether oxygens (including phenoxy) is 1. The molecule has 2 heterocycles. The van der Waals surface area contributed by atoms with E-state index in [1.165, 1.54) is 18.4 Å². The largest absolute Gasteiger partial charge is 0.464 e. The number of pyridine rings is 1. The second-order valence-corrected chi connectivity index (χ2v) is 5.27. The second-order valence-electron chi connectivity index (χ2n) is 4.07. The molecule has 0 fully saturated rings. The Bertz CT molecular complexity index is 595. The van der Waals surface area contributed by atoms with Crippen molar-refractivity contribution in [2.24, 2.45) is 0 Å². The molecule has 0 spiro atoms. The number of hydrogen-bond donors (Lipinski definition) is 1. The van der Waals surface area contributed by atoms with Gasteiger partial charge in [-0.1, -0.05) is 0 Å². The summed E-state index contributed by atoms with van der Waals surface area (Å²) >= 11 is 1.44. The summed E-state index contributed by atoms with van der Waals surface area (Å²) in [6.45, 7) is 4.52. The summed E-state index contributed by atoms with van der Waals surface area (Å²) < 4.78 is 4.68. The van der Waals surface area contributed by atoms with Crippen molar-refractivity contribution in [2.45, 2.75) is 20.4 Å². The third kappa shape index (κ3) is 3.08. The summed E-state index contributed by atoms with van der Waals surface area (Å²) in [7, 11) is 1.36. The number of aryl methyl sites for hydroxylation is 2. The number of carbonyl (C=O) groups excluding carboxylic acids is 1. The fourth-order valence-electron chi connectivity index (χ4n) is 1.63. The van der Waals surface area contributed by atoms with E-state index >= 15 is 0 Å². The minimum absolute atomic E-state index is 0.376. The Morgan fingerprint density at radius 1 is 1.47 bits per heavy atom. The van der Waals surface area contributed by atoms with Crippen LogP contribution >= 0.6 is 11.3 Å². The molecule has 0 radical (unpaired) electrons. The van der Waals surface area contributed by atoms with E-state index in [0.29, 0.717) is 17.4 Å². The van der Waals surface area contributed by atoms with Crippen LogP contribution in [0.1, 0.15) is 26.5 Å². The predicted octanol–water partition coefficient (Wildman–Crippen LogP) is 2.55. The zero-order valence-electron chi connectivity index (χ0n) is 11.1. The van der Waals surface area contributed by atoms with Crippen molar-refractivity contribution in [3.63, 3.8) is 0 Å². The molecule has 5 nitrogen and oxygen atoms in total. The molecule has 0 bridgehead atoms. The van der Waals surface area contributed by atoms with Crippen LogP contribution in [0.25, 0.3) is 0 Å². The van der Waals surface area contributed by atoms with Crippen LogP contribution in [-0.4, -0.2) is 23.0 Å². The summed E-state index contributed by atoms with van der Waals surface area (Å²) in [5.74, 6) is -0.401. The lowest BCUT2D eigenvalue weighted by atomic mass is 10.2. The Hall–Kier alpha value is -1.95. The maximum atomic E-state index is 11.5. The van der Waals surface area contributed by atoms with E-state index in [4.69, 9.17) is 0 Å². The average molecular weight is 277 g/mol. The topological polar surface area (TPSA) is 64.1 Å². The van der Waals surface area contributed by atoms with E-state index in [1.807, 2.05) is 26.1 Å². The van der Waals surface area contributed by atoms with Crippen LogP contribution in [-0.2, 0) is 11.3 Å². The van der Waals surface area contributed by atoms with E-state index in [0.717, 1.165) is 16.0 Å². The molecule has 1 N–H and O–H groups in total. The number of hydrogen-bond acceptors (Lipinski definition) is 6. The maximum Gasteiger partial charge on any atom is 0.357 e. The third-order valence-electron chi connectivity index (χ3n) is 2.74. The van der Waals surface area contributed by atoms with Gasteiger partial charge in [-0.05, 0) is 31.0 Å². The van der Waals surface area contributed by atoms with Gasteiger partial charge in [0, 0.05) is 23.8 Å². The molecule has 6 heteroatoms. The molecule has 0 saturated carbocycles. The molecule has 0 atom stereocenters. The van der Waals surface area contributed by atoms with E-state index in [-0.39, 0.29) is 0 Å². The zero-order valence-corrected chi connectivity index (χ0v) is 11.9. The normalized spacial score (nSPS) is 10.3. The molecule has 2 aromatic rings. The van der Waals surface area contributed by atoms with Crippen molar-refractivity contribution in [3.8, 4) is 0 Å². The molecule has 0 unspecified atom stereocenters. The van der Waals surface area contributed by atoms with Gasteiger partial charge in [-0.25, -0.2) is 9.78 Å². The number of nitrogens with zero attached hydrogens (tertiary/aromatic N) is 2. The van der Waals surface area contributed by atoms with Crippen LogP contribution in [0, 0.1) is 13.8 Å².